The van der Waals surface area contributed by atoms with Crippen LogP contribution in [0.3, 0.4) is 0 Å². The summed E-state index contributed by atoms with van der Waals surface area (Å²) in [5.41, 5.74) is 1.18. The average Bonchev–Trinajstić information content (AvgIpc) is 2.91. The van der Waals surface area contributed by atoms with Gasteiger partial charge in [0.1, 0.15) is 5.75 Å². The fraction of sp³-hybridized carbons (Fsp3) is 0.533. The Kier molecular flexibility index (Phi) is 7.41. The van der Waals surface area contributed by atoms with Crippen molar-refractivity contribution in [2.24, 2.45) is 0 Å². The molecule has 0 atom stereocenters. The smallest absolute Gasteiger partial charge is 0.257 e. The van der Waals surface area contributed by atoms with Crippen molar-refractivity contribution < 1.29 is 21.9 Å². The quantitative estimate of drug-likeness (QED) is 0.701. The Hall–Kier alpha value is -1.26. The maximum atomic E-state index is 11.6. The van der Waals surface area contributed by atoms with Crippen LogP contribution in [0.15, 0.2) is 24.3 Å². The van der Waals surface area contributed by atoms with Gasteiger partial charge in [-0.15, -0.1) is 0 Å². The molecular weight excluding hydrogens is 276 g/mol. The second-order valence-corrected chi connectivity index (χ2v) is 5.00. The van der Waals surface area contributed by atoms with Crippen LogP contribution in [-0.4, -0.2) is 43.6 Å². The van der Waals surface area contributed by atoms with Gasteiger partial charge in [0.05, 0.1) is 0 Å². The molecule has 0 saturated carbocycles. The summed E-state index contributed by atoms with van der Waals surface area (Å²) in [6, 6.07) is 7.71. The van der Waals surface area contributed by atoms with E-state index in [4.69, 9.17) is 4.74 Å². The summed E-state index contributed by atoms with van der Waals surface area (Å²) in [5.74, 6) is 0.681. The first-order chi connectivity index (χ1) is 9.24. The van der Waals surface area contributed by atoms with Gasteiger partial charge in [-0.25, -0.2) is 0 Å². The number of aryl methyl sites for hydroxylation is 1. The number of nitrogens with one attached hydrogen (secondary N) is 1. The number of hydrogen-bond donors (Lipinski definition) is 1. The van der Waals surface area contributed by atoms with E-state index >= 15 is 0 Å². The van der Waals surface area contributed by atoms with Crippen molar-refractivity contribution in [2.75, 3.05) is 32.8 Å². The minimum atomic E-state index is -0.0558. The molecule has 0 bridgehead atoms. The van der Waals surface area contributed by atoms with Gasteiger partial charge in [0.15, 0.2) is 6.61 Å². The summed E-state index contributed by atoms with van der Waals surface area (Å²) in [6.45, 7) is 6.08. The molecule has 1 fully saturated rings. The van der Waals surface area contributed by atoms with Crippen LogP contribution in [0.5, 0.6) is 5.75 Å². The topological polar surface area (TPSA) is 41.6 Å². The van der Waals surface area contributed by atoms with E-state index in [-0.39, 0.29) is 24.9 Å². The molecule has 2 rings (SSSR count). The molecule has 1 saturated heterocycles. The number of amides is 1. The van der Waals surface area contributed by atoms with Gasteiger partial charge in [-0.2, -0.15) is 0 Å². The maximum Gasteiger partial charge on any atom is 0.257 e. The third kappa shape index (κ3) is 5.80. The van der Waals surface area contributed by atoms with Crippen LogP contribution in [0.4, 0.5) is 0 Å². The monoisotopic (exact) mass is 297 g/mol. The van der Waals surface area contributed by atoms with Crippen molar-refractivity contribution in [3.8, 4) is 5.75 Å². The van der Waals surface area contributed by atoms with E-state index in [1.165, 1.54) is 18.4 Å². The van der Waals surface area contributed by atoms with E-state index in [1.54, 1.807) is 0 Å². The highest BCUT2D eigenvalue weighted by Gasteiger charge is 2.11. The number of benzene rings is 1. The third-order valence-electron chi connectivity index (χ3n) is 3.34. The summed E-state index contributed by atoms with van der Waals surface area (Å²) in [5, 5.41) is 2.89. The predicted octanol–water partition coefficient (Wildman–Crippen LogP) is -1.41. The molecule has 0 aliphatic carbocycles. The van der Waals surface area contributed by atoms with Crippen LogP contribution in [0.25, 0.3) is 0 Å². The zero-order chi connectivity index (χ0) is 13.5. The number of carbonyl (C=O) groups is 1. The number of nitrogens with zero attached hydrogens (tertiary/aromatic N) is 1. The Balaban J connectivity index is 0.00000200. The summed E-state index contributed by atoms with van der Waals surface area (Å²) < 4.78 is 5.42. The molecule has 5 heteroatoms. The number of carbonyl (C=O) groups excluding carboxylic acids is 1. The van der Waals surface area contributed by atoms with Gasteiger partial charge >= 0.3 is 0 Å². The molecule has 20 heavy (non-hydrogen) atoms. The molecule has 1 heterocycles. The van der Waals surface area contributed by atoms with E-state index < -0.39 is 0 Å². The molecule has 0 unspecified atom stereocenters. The molecule has 0 aromatic heterocycles. The molecule has 1 amide bonds. The van der Waals surface area contributed by atoms with E-state index in [0.717, 1.165) is 25.4 Å². The summed E-state index contributed by atoms with van der Waals surface area (Å²) >= 11 is 0. The second-order valence-electron chi connectivity index (χ2n) is 5.00. The molecule has 0 spiro atoms. The van der Waals surface area contributed by atoms with Crippen LogP contribution < -0.4 is 22.5 Å². The van der Waals surface area contributed by atoms with Gasteiger partial charge in [0.2, 0.25) is 0 Å². The van der Waals surface area contributed by atoms with E-state index in [2.05, 4.69) is 10.2 Å². The van der Waals surface area contributed by atoms with Gasteiger partial charge < -0.3 is 27.4 Å². The maximum absolute atomic E-state index is 11.6. The van der Waals surface area contributed by atoms with Crippen LogP contribution in [0.2, 0.25) is 0 Å². The first-order valence-electron chi connectivity index (χ1n) is 6.92. The lowest BCUT2D eigenvalue weighted by Crippen LogP contribution is -3.00. The number of hydrogen-bond acceptors (Lipinski definition) is 3. The zero-order valence-corrected chi connectivity index (χ0v) is 12.7. The second kappa shape index (κ2) is 8.82. The van der Waals surface area contributed by atoms with Crippen molar-refractivity contribution in [3.05, 3.63) is 29.8 Å². The van der Waals surface area contributed by atoms with Gasteiger partial charge in [-0.3, -0.25) is 4.79 Å². The summed E-state index contributed by atoms with van der Waals surface area (Å²) in [7, 11) is 0. The Bertz CT molecular complexity index is 403. The Labute approximate surface area is 126 Å². The average molecular weight is 298 g/mol. The van der Waals surface area contributed by atoms with Gasteiger partial charge in [0, 0.05) is 13.1 Å². The number of ether oxygens (including phenoxy) is 1. The van der Waals surface area contributed by atoms with Crippen LogP contribution in [0, 0.1) is 6.92 Å². The highest BCUT2D eigenvalue weighted by atomic mass is 35.5. The fourth-order valence-electron chi connectivity index (χ4n) is 2.19. The summed E-state index contributed by atoms with van der Waals surface area (Å²) in [4.78, 5) is 14.0. The lowest BCUT2D eigenvalue weighted by Gasteiger charge is -2.14. The lowest BCUT2D eigenvalue weighted by molar-refractivity contribution is -0.123. The number of likely N-dealkylation sites (tertiary alicyclic amines) is 1. The Morgan fingerprint density at radius 1 is 1.25 bits per heavy atom. The van der Waals surface area contributed by atoms with Gasteiger partial charge in [-0.1, -0.05) is 17.7 Å². The SMILES string of the molecule is Cc1ccc(OCC(=O)NCCN2CCCC2)cc1.[Cl-]. The van der Waals surface area contributed by atoms with E-state index in [9.17, 15) is 4.79 Å². The minimum absolute atomic E-state index is 0. The van der Waals surface area contributed by atoms with Crippen molar-refractivity contribution >= 4 is 5.91 Å². The molecule has 0 radical (unpaired) electrons. The zero-order valence-electron chi connectivity index (χ0n) is 11.9. The fourth-order valence-corrected chi connectivity index (χ4v) is 2.19. The number of halogens is 1. The first kappa shape index (κ1) is 16.8. The van der Waals surface area contributed by atoms with Crippen molar-refractivity contribution in [1.82, 2.24) is 10.2 Å². The molecule has 1 aromatic carbocycles. The molecule has 1 aliphatic rings. The van der Waals surface area contributed by atoms with Crippen LogP contribution in [-0.2, 0) is 4.79 Å². The first-order valence-corrected chi connectivity index (χ1v) is 6.92. The molecule has 1 aromatic rings. The Morgan fingerprint density at radius 3 is 2.55 bits per heavy atom. The predicted molar refractivity (Wildman–Crippen MR) is 75.4 cm³/mol. The van der Waals surface area contributed by atoms with Crippen LogP contribution >= 0.6 is 0 Å². The minimum Gasteiger partial charge on any atom is -1.00 e. The van der Waals surface area contributed by atoms with Gasteiger partial charge in [-0.05, 0) is 45.0 Å². The van der Waals surface area contributed by atoms with Crippen LogP contribution in [0.1, 0.15) is 18.4 Å². The molecular formula is C15H22ClN2O2-. The third-order valence-corrected chi connectivity index (χ3v) is 3.34. The van der Waals surface area contributed by atoms with Gasteiger partial charge in [0.25, 0.3) is 5.91 Å². The largest absolute Gasteiger partial charge is 1.00 e. The standard InChI is InChI=1S/C15H22N2O2.ClH/c1-13-4-6-14(7-5-13)19-12-15(18)16-8-11-17-9-2-3-10-17;/h4-7H,2-3,8-12H2,1H3,(H,16,18);1H/p-1. The normalized spacial score (nSPS) is 14.7. The molecule has 112 valence electrons. The Morgan fingerprint density at radius 2 is 1.90 bits per heavy atom. The van der Waals surface area contributed by atoms with Crippen molar-refractivity contribution in [3.63, 3.8) is 0 Å². The van der Waals surface area contributed by atoms with E-state index in [0.29, 0.717) is 6.54 Å². The highest BCUT2D eigenvalue weighted by molar-refractivity contribution is 5.77. The molecule has 1 N–H and O–H groups in total. The number of rotatable bonds is 6. The van der Waals surface area contributed by atoms with E-state index in [1.807, 2.05) is 31.2 Å². The summed E-state index contributed by atoms with van der Waals surface area (Å²) in [6.07, 6.45) is 2.56. The van der Waals surface area contributed by atoms with Crippen molar-refractivity contribution in [1.29, 1.82) is 0 Å². The lowest BCUT2D eigenvalue weighted by atomic mass is 10.2. The molecule has 4 nitrogen and oxygen atoms in total. The molecule has 1 aliphatic heterocycles. The van der Waals surface area contributed by atoms with Crippen molar-refractivity contribution in [2.45, 2.75) is 19.8 Å². The highest BCUT2D eigenvalue weighted by Crippen LogP contribution is 2.10.